The minimum atomic E-state index is -0.449. The summed E-state index contributed by atoms with van der Waals surface area (Å²) in [6.45, 7) is 6.05. The van der Waals surface area contributed by atoms with Crippen molar-refractivity contribution in [3.05, 3.63) is 0 Å². The third-order valence-corrected chi connectivity index (χ3v) is 4.43. The SMILES string of the molecule is COC(=O)C1(NCC2CCCO2)CC(C(C)C)C1. The lowest BCUT2D eigenvalue weighted by Crippen LogP contribution is -2.63. The summed E-state index contributed by atoms with van der Waals surface area (Å²) >= 11 is 0. The molecule has 104 valence electrons. The van der Waals surface area contributed by atoms with Crippen LogP contribution in [0.5, 0.6) is 0 Å². The average Bonchev–Trinajstić information content (AvgIpc) is 2.79. The molecule has 0 aromatic carbocycles. The van der Waals surface area contributed by atoms with Gasteiger partial charge in [0.15, 0.2) is 0 Å². The van der Waals surface area contributed by atoms with E-state index in [0.717, 1.165) is 38.8 Å². The lowest BCUT2D eigenvalue weighted by molar-refractivity contribution is -0.156. The summed E-state index contributed by atoms with van der Waals surface area (Å²) in [6.07, 6.45) is 4.28. The minimum absolute atomic E-state index is 0.114. The molecule has 1 aliphatic carbocycles. The third kappa shape index (κ3) is 2.69. The summed E-state index contributed by atoms with van der Waals surface area (Å²) in [5, 5.41) is 3.41. The Kier molecular flexibility index (Phi) is 4.28. The molecule has 2 aliphatic rings. The zero-order valence-corrected chi connectivity index (χ0v) is 11.7. The summed E-state index contributed by atoms with van der Waals surface area (Å²) in [7, 11) is 1.47. The average molecular weight is 255 g/mol. The smallest absolute Gasteiger partial charge is 0.326 e. The standard InChI is InChI=1S/C14H25NO3/c1-10(2)11-7-14(8-11,13(16)17-3)15-9-12-5-4-6-18-12/h10-12,15H,4-9H2,1-3H3. The number of nitrogens with one attached hydrogen (secondary N) is 1. The van der Waals surface area contributed by atoms with Crippen molar-refractivity contribution in [3.63, 3.8) is 0 Å². The monoisotopic (exact) mass is 255 g/mol. The predicted octanol–water partition coefficient (Wildman–Crippen LogP) is 1.73. The molecular formula is C14H25NO3. The van der Waals surface area contributed by atoms with E-state index in [-0.39, 0.29) is 12.1 Å². The first-order valence-corrected chi connectivity index (χ1v) is 7.02. The minimum Gasteiger partial charge on any atom is -0.468 e. The van der Waals surface area contributed by atoms with E-state index in [2.05, 4.69) is 19.2 Å². The third-order valence-electron chi connectivity index (χ3n) is 4.43. The van der Waals surface area contributed by atoms with Gasteiger partial charge < -0.3 is 9.47 Å². The maximum Gasteiger partial charge on any atom is 0.326 e. The van der Waals surface area contributed by atoms with E-state index in [9.17, 15) is 4.79 Å². The van der Waals surface area contributed by atoms with E-state index < -0.39 is 5.54 Å². The van der Waals surface area contributed by atoms with Crippen molar-refractivity contribution < 1.29 is 14.3 Å². The van der Waals surface area contributed by atoms with Crippen LogP contribution in [0.25, 0.3) is 0 Å². The van der Waals surface area contributed by atoms with Gasteiger partial charge in [-0.1, -0.05) is 13.8 Å². The van der Waals surface area contributed by atoms with Crippen LogP contribution in [0.15, 0.2) is 0 Å². The van der Waals surface area contributed by atoms with Crippen molar-refractivity contribution in [3.8, 4) is 0 Å². The Morgan fingerprint density at radius 2 is 2.22 bits per heavy atom. The first-order valence-electron chi connectivity index (χ1n) is 7.02. The van der Waals surface area contributed by atoms with E-state index in [4.69, 9.17) is 9.47 Å². The van der Waals surface area contributed by atoms with Crippen molar-refractivity contribution in [1.82, 2.24) is 5.32 Å². The van der Waals surface area contributed by atoms with Gasteiger partial charge in [-0.2, -0.15) is 0 Å². The fraction of sp³-hybridized carbons (Fsp3) is 0.929. The fourth-order valence-corrected chi connectivity index (χ4v) is 3.00. The summed E-state index contributed by atoms with van der Waals surface area (Å²) in [5.41, 5.74) is -0.449. The second-order valence-electron chi connectivity index (χ2n) is 6.00. The first kappa shape index (κ1) is 13.8. The topological polar surface area (TPSA) is 47.6 Å². The van der Waals surface area contributed by atoms with Crippen LogP contribution in [0, 0.1) is 11.8 Å². The number of carbonyl (C=O) groups excluding carboxylic acids is 1. The van der Waals surface area contributed by atoms with E-state index in [1.807, 2.05) is 0 Å². The van der Waals surface area contributed by atoms with Gasteiger partial charge in [-0.25, -0.2) is 0 Å². The van der Waals surface area contributed by atoms with Crippen LogP contribution in [-0.4, -0.2) is 37.9 Å². The number of methoxy groups -OCH3 is 1. The molecule has 1 atom stereocenters. The number of esters is 1. The highest BCUT2D eigenvalue weighted by Crippen LogP contribution is 2.43. The van der Waals surface area contributed by atoms with Crippen molar-refractivity contribution in [2.24, 2.45) is 11.8 Å². The van der Waals surface area contributed by atoms with Crippen LogP contribution in [0.1, 0.15) is 39.5 Å². The summed E-state index contributed by atoms with van der Waals surface area (Å²) in [6, 6.07) is 0. The molecule has 1 unspecified atom stereocenters. The molecule has 0 aromatic rings. The Balaban J connectivity index is 1.88. The van der Waals surface area contributed by atoms with Gasteiger partial charge in [0.1, 0.15) is 5.54 Å². The second-order valence-corrected chi connectivity index (χ2v) is 6.00. The molecular weight excluding hydrogens is 230 g/mol. The molecule has 0 spiro atoms. The number of hydrogen-bond acceptors (Lipinski definition) is 4. The van der Waals surface area contributed by atoms with E-state index in [1.54, 1.807) is 0 Å². The molecule has 0 amide bonds. The molecule has 1 saturated carbocycles. The molecule has 1 aliphatic heterocycles. The molecule has 1 saturated heterocycles. The predicted molar refractivity (Wildman–Crippen MR) is 69.3 cm³/mol. The molecule has 4 nitrogen and oxygen atoms in total. The zero-order chi connectivity index (χ0) is 13.2. The Hall–Kier alpha value is -0.610. The van der Waals surface area contributed by atoms with E-state index in [1.165, 1.54) is 7.11 Å². The van der Waals surface area contributed by atoms with Crippen molar-refractivity contribution in [2.75, 3.05) is 20.3 Å². The zero-order valence-electron chi connectivity index (χ0n) is 11.7. The quantitative estimate of drug-likeness (QED) is 0.760. The lowest BCUT2D eigenvalue weighted by Gasteiger charge is -2.48. The number of rotatable bonds is 5. The largest absolute Gasteiger partial charge is 0.468 e. The van der Waals surface area contributed by atoms with Crippen molar-refractivity contribution >= 4 is 5.97 Å². The van der Waals surface area contributed by atoms with Gasteiger partial charge in [-0.15, -0.1) is 0 Å². The summed E-state index contributed by atoms with van der Waals surface area (Å²) in [4.78, 5) is 12.0. The Bertz CT molecular complexity index is 291. The normalized spacial score (nSPS) is 35.6. The Labute approximate surface area is 109 Å². The van der Waals surface area contributed by atoms with Crippen LogP contribution in [0.3, 0.4) is 0 Å². The van der Waals surface area contributed by atoms with Gasteiger partial charge in [0.2, 0.25) is 0 Å². The van der Waals surface area contributed by atoms with Crippen molar-refractivity contribution in [1.29, 1.82) is 0 Å². The van der Waals surface area contributed by atoms with Crippen LogP contribution in [0.2, 0.25) is 0 Å². The van der Waals surface area contributed by atoms with Gasteiger partial charge >= 0.3 is 5.97 Å². The van der Waals surface area contributed by atoms with Crippen molar-refractivity contribution in [2.45, 2.75) is 51.2 Å². The fourth-order valence-electron chi connectivity index (χ4n) is 3.00. The highest BCUT2D eigenvalue weighted by Gasteiger charge is 2.51. The number of hydrogen-bond donors (Lipinski definition) is 1. The maximum absolute atomic E-state index is 12.0. The molecule has 2 fully saturated rings. The summed E-state index contributed by atoms with van der Waals surface area (Å²) in [5.74, 6) is 1.14. The van der Waals surface area contributed by atoms with Gasteiger partial charge in [0.05, 0.1) is 13.2 Å². The molecule has 0 radical (unpaired) electrons. The molecule has 0 aromatic heterocycles. The molecule has 1 N–H and O–H groups in total. The van der Waals surface area contributed by atoms with Crippen LogP contribution in [-0.2, 0) is 14.3 Å². The van der Waals surface area contributed by atoms with Gasteiger partial charge in [-0.3, -0.25) is 10.1 Å². The van der Waals surface area contributed by atoms with Gasteiger partial charge in [0.25, 0.3) is 0 Å². The van der Waals surface area contributed by atoms with E-state index in [0.29, 0.717) is 11.8 Å². The second kappa shape index (κ2) is 5.57. The molecule has 18 heavy (non-hydrogen) atoms. The van der Waals surface area contributed by atoms with Crippen LogP contribution in [0.4, 0.5) is 0 Å². The number of ether oxygens (including phenoxy) is 2. The summed E-state index contributed by atoms with van der Waals surface area (Å²) < 4.78 is 10.5. The Morgan fingerprint density at radius 3 is 2.72 bits per heavy atom. The highest BCUT2D eigenvalue weighted by atomic mass is 16.5. The lowest BCUT2D eigenvalue weighted by atomic mass is 9.64. The first-order chi connectivity index (χ1) is 8.57. The molecule has 1 heterocycles. The van der Waals surface area contributed by atoms with Crippen LogP contribution < -0.4 is 5.32 Å². The number of carbonyl (C=O) groups is 1. The van der Waals surface area contributed by atoms with Crippen LogP contribution >= 0.6 is 0 Å². The Morgan fingerprint density at radius 1 is 1.50 bits per heavy atom. The molecule has 2 rings (SSSR count). The van der Waals surface area contributed by atoms with Gasteiger partial charge in [0, 0.05) is 13.2 Å². The van der Waals surface area contributed by atoms with E-state index >= 15 is 0 Å². The van der Waals surface area contributed by atoms with Gasteiger partial charge in [-0.05, 0) is 37.5 Å². The maximum atomic E-state index is 12.0. The molecule has 0 bridgehead atoms. The highest BCUT2D eigenvalue weighted by molar-refractivity contribution is 5.82. The molecule has 4 heteroatoms.